The average molecular weight is 380 g/mol. The number of carbonyl (C=O) groups is 1. The number of nitrogens with one attached hydrogen (secondary N) is 2. The van der Waals surface area contributed by atoms with Crippen molar-refractivity contribution in [2.45, 2.75) is 25.8 Å². The molecule has 5 nitrogen and oxygen atoms in total. The van der Waals surface area contributed by atoms with Gasteiger partial charge in [0.2, 0.25) is 0 Å². The molecule has 148 valence electrons. The molecule has 1 amide bonds. The van der Waals surface area contributed by atoms with Crippen molar-refractivity contribution in [3.63, 3.8) is 0 Å². The number of amides is 1. The predicted octanol–water partition coefficient (Wildman–Crippen LogP) is 2.92. The van der Waals surface area contributed by atoms with Crippen LogP contribution < -0.4 is 15.4 Å². The van der Waals surface area contributed by atoms with Crippen LogP contribution in [-0.4, -0.2) is 38.8 Å². The second-order valence-electron chi connectivity index (χ2n) is 7.61. The van der Waals surface area contributed by atoms with E-state index >= 15 is 0 Å². The molecule has 2 bridgehead atoms. The van der Waals surface area contributed by atoms with Gasteiger partial charge >= 0.3 is 0 Å². The summed E-state index contributed by atoms with van der Waals surface area (Å²) < 4.78 is 11.6. The molecule has 28 heavy (non-hydrogen) atoms. The number of benzene rings is 2. The molecular formula is C23H28N2O3. The third-order valence-corrected chi connectivity index (χ3v) is 5.19. The van der Waals surface area contributed by atoms with Crippen LogP contribution in [0.1, 0.15) is 39.9 Å². The lowest BCUT2D eigenvalue weighted by Crippen LogP contribution is -2.25. The maximum atomic E-state index is 12.5. The van der Waals surface area contributed by atoms with Crippen molar-refractivity contribution in [1.29, 1.82) is 0 Å². The Morgan fingerprint density at radius 1 is 1.07 bits per heavy atom. The van der Waals surface area contributed by atoms with Gasteiger partial charge in [-0.15, -0.1) is 0 Å². The fourth-order valence-electron chi connectivity index (χ4n) is 3.42. The zero-order valence-electron chi connectivity index (χ0n) is 16.2. The van der Waals surface area contributed by atoms with E-state index in [1.165, 1.54) is 24.0 Å². The van der Waals surface area contributed by atoms with Crippen molar-refractivity contribution >= 4 is 5.91 Å². The van der Waals surface area contributed by atoms with Gasteiger partial charge in [0.05, 0.1) is 13.2 Å². The molecule has 1 heterocycles. The Morgan fingerprint density at radius 2 is 1.96 bits per heavy atom. The van der Waals surface area contributed by atoms with Gasteiger partial charge in [0.1, 0.15) is 12.4 Å². The Kier molecular flexibility index (Phi) is 6.24. The van der Waals surface area contributed by atoms with E-state index in [9.17, 15) is 4.79 Å². The van der Waals surface area contributed by atoms with Crippen LogP contribution in [0.15, 0.2) is 42.5 Å². The van der Waals surface area contributed by atoms with Gasteiger partial charge in [-0.2, -0.15) is 0 Å². The molecule has 0 spiro atoms. The average Bonchev–Trinajstić information content (AvgIpc) is 3.53. The third kappa shape index (κ3) is 5.33. The molecule has 2 aliphatic rings. The molecule has 2 aromatic carbocycles. The van der Waals surface area contributed by atoms with Crippen LogP contribution in [0.4, 0.5) is 0 Å². The minimum atomic E-state index is -0.00427. The van der Waals surface area contributed by atoms with Gasteiger partial charge < -0.3 is 20.1 Å². The number of hydrogen-bond acceptors (Lipinski definition) is 4. The van der Waals surface area contributed by atoms with Crippen molar-refractivity contribution in [3.8, 4) is 5.75 Å². The number of fused-ring (bicyclic) bond motifs is 3. The van der Waals surface area contributed by atoms with Crippen molar-refractivity contribution in [1.82, 2.24) is 10.6 Å². The van der Waals surface area contributed by atoms with E-state index in [4.69, 9.17) is 9.47 Å². The highest BCUT2D eigenvalue weighted by molar-refractivity contribution is 5.94. The molecule has 0 atom stereocenters. The molecule has 2 N–H and O–H groups in total. The zero-order chi connectivity index (χ0) is 19.2. The van der Waals surface area contributed by atoms with Crippen LogP contribution in [0, 0.1) is 5.92 Å². The number of hydrogen-bond donors (Lipinski definition) is 2. The van der Waals surface area contributed by atoms with E-state index in [0.29, 0.717) is 31.3 Å². The summed E-state index contributed by atoms with van der Waals surface area (Å²) >= 11 is 0. The van der Waals surface area contributed by atoms with E-state index in [-0.39, 0.29) is 5.91 Å². The monoisotopic (exact) mass is 380 g/mol. The third-order valence-electron chi connectivity index (χ3n) is 5.19. The first-order valence-corrected chi connectivity index (χ1v) is 10.2. The summed E-state index contributed by atoms with van der Waals surface area (Å²) in [4.78, 5) is 12.5. The van der Waals surface area contributed by atoms with Gasteiger partial charge in [-0.1, -0.05) is 24.3 Å². The molecule has 4 rings (SSSR count). The summed E-state index contributed by atoms with van der Waals surface area (Å²) in [6.45, 7) is 4.13. The molecule has 5 heteroatoms. The zero-order valence-corrected chi connectivity index (χ0v) is 16.2. The van der Waals surface area contributed by atoms with Crippen LogP contribution >= 0.6 is 0 Å². The van der Waals surface area contributed by atoms with E-state index in [1.54, 1.807) is 0 Å². The predicted molar refractivity (Wildman–Crippen MR) is 109 cm³/mol. The second kappa shape index (κ2) is 9.22. The van der Waals surface area contributed by atoms with Gasteiger partial charge in [0, 0.05) is 31.6 Å². The normalized spacial score (nSPS) is 17.7. The molecule has 0 saturated heterocycles. The Labute approximate surface area is 166 Å². The maximum absolute atomic E-state index is 12.5. The lowest BCUT2D eigenvalue weighted by molar-refractivity contribution is 0.0950. The Hall–Kier alpha value is -2.37. The topological polar surface area (TPSA) is 59.6 Å². The van der Waals surface area contributed by atoms with Gasteiger partial charge in [-0.25, -0.2) is 0 Å². The fourth-order valence-corrected chi connectivity index (χ4v) is 3.42. The Morgan fingerprint density at radius 3 is 2.86 bits per heavy atom. The van der Waals surface area contributed by atoms with Crippen LogP contribution in [0.5, 0.6) is 5.75 Å². The van der Waals surface area contributed by atoms with Crippen LogP contribution in [0.2, 0.25) is 0 Å². The molecule has 1 saturated carbocycles. The largest absolute Gasteiger partial charge is 0.491 e. The summed E-state index contributed by atoms with van der Waals surface area (Å²) in [6.07, 6.45) is 3.19. The second-order valence-corrected chi connectivity index (χ2v) is 7.61. The molecule has 0 aromatic heterocycles. The molecular weight excluding hydrogens is 352 g/mol. The number of carbonyl (C=O) groups excluding carboxylic acids is 1. The molecule has 1 aliphatic heterocycles. The van der Waals surface area contributed by atoms with Crippen molar-refractivity contribution in [2.24, 2.45) is 5.92 Å². The molecule has 1 aliphatic carbocycles. The summed E-state index contributed by atoms with van der Waals surface area (Å²) in [6, 6.07) is 14.3. The standard InChI is InChI=1S/C23H28N2O3/c26-23(25-16-17-4-5-17)20-6-7-22-21(14-20)13-18-2-1-3-19(12-18)15-24-8-9-27-10-11-28-22/h1-3,6-7,12,14,17,24H,4-5,8-11,13,15-16H2,(H,25,26). The lowest BCUT2D eigenvalue weighted by atomic mass is 9.99. The first kappa shape index (κ1) is 19.0. The smallest absolute Gasteiger partial charge is 0.251 e. The molecule has 0 unspecified atom stereocenters. The van der Waals surface area contributed by atoms with Crippen molar-refractivity contribution in [3.05, 3.63) is 64.7 Å². The molecule has 2 aromatic rings. The molecule has 0 radical (unpaired) electrons. The summed E-state index contributed by atoms with van der Waals surface area (Å²) in [5.41, 5.74) is 4.18. The summed E-state index contributed by atoms with van der Waals surface area (Å²) in [5, 5.41) is 6.45. The first-order chi connectivity index (χ1) is 13.8. The minimum absolute atomic E-state index is 0.00427. The Bertz CT molecular complexity index is 817. The lowest BCUT2D eigenvalue weighted by Gasteiger charge is -2.15. The summed E-state index contributed by atoms with van der Waals surface area (Å²) in [5.74, 6) is 1.49. The highest BCUT2D eigenvalue weighted by Gasteiger charge is 2.22. The summed E-state index contributed by atoms with van der Waals surface area (Å²) in [7, 11) is 0. The quantitative estimate of drug-likeness (QED) is 0.860. The van der Waals surface area contributed by atoms with Crippen molar-refractivity contribution < 1.29 is 14.3 Å². The number of rotatable bonds is 3. The van der Waals surface area contributed by atoms with Crippen LogP contribution in [-0.2, 0) is 17.7 Å². The maximum Gasteiger partial charge on any atom is 0.251 e. The SMILES string of the molecule is O=C(NCC1CC1)c1ccc2c(c1)Cc1cccc(c1)CNCCOCCO2. The van der Waals surface area contributed by atoms with Gasteiger partial charge in [-0.05, 0) is 53.6 Å². The highest BCUT2D eigenvalue weighted by atomic mass is 16.5. The minimum Gasteiger partial charge on any atom is -0.491 e. The van der Waals surface area contributed by atoms with Gasteiger partial charge in [0.25, 0.3) is 5.91 Å². The van der Waals surface area contributed by atoms with Crippen molar-refractivity contribution in [2.75, 3.05) is 32.9 Å². The van der Waals surface area contributed by atoms with E-state index < -0.39 is 0 Å². The van der Waals surface area contributed by atoms with Gasteiger partial charge in [-0.3, -0.25) is 4.79 Å². The van der Waals surface area contributed by atoms with E-state index in [0.717, 1.165) is 37.4 Å². The van der Waals surface area contributed by atoms with E-state index in [1.807, 2.05) is 18.2 Å². The highest BCUT2D eigenvalue weighted by Crippen LogP contribution is 2.28. The molecule has 1 fully saturated rings. The van der Waals surface area contributed by atoms with Crippen LogP contribution in [0.25, 0.3) is 0 Å². The number of ether oxygens (including phenoxy) is 2. The van der Waals surface area contributed by atoms with E-state index in [2.05, 4.69) is 34.9 Å². The Balaban J connectivity index is 1.56. The van der Waals surface area contributed by atoms with Crippen LogP contribution in [0.3, 0.4) is 0 Å². The fraction of sp³-hybridized carbons (Fsp3) is 0.435. The first-order valence-electron chi connectivity index (χ1n) is 10.2. The van der Waals surface area contributed by atoms with Gasteiger partial charge in [0.15, 0.2) is 0 Å².